The number of dihydropyridines is 1. The number of hydrogen-bond acceptors (Lipinski definition) is 7. The Morgan fingerprint density at radius 1 is 1.25 bits per heavy atom. The van der Waals surface area contributed by atoms with Crippen LogP contribution in [0.2, 0.25) is 0 Å². The van der Waals surface area contributed by atoms with Crippen LogP contribution in [0.1, 0.15) is 32.2 Å². The van der Waals surface area contributed by atoms with E-state index in [0.29, 0.717) is 34.8 Å². The third kappa shape index (κ3) is 4.05. The Balaban J connectivity index is 1.41. The van der Waals surface area contributed by atoms with Crippen molar-refractivity contribution in [3.05, 3.63) is 70.8 Å². The molecule has 2 aromatic rings. The fourth-order valence-corrected chi connectivity index (χ4v) is 4.22. The van der Waals surface area contributed by atoms with Gasteiger partial charge in [0.2, 0.25) is 5.54 Å². The van der Waals surface area contributed by atoms with E-state index in [1.54, 1.807) is 36.5 Å². The van der Waals surface area contributed by atoms with Gasteiger partial charge in [-0.25, -0.2) is 4.79 Å². The summed E-state index contributed by atoms with van der Waals surface area (Å²) >= 11 is 0. The minimum atomic E-state index is -1.64. The molecule has 4 heterocycles. The Morgan fingerprint density at radius 2 is 2.08 bits per heavy atom. The van der Waals surface area contributed by atoms with Crippen LogP contribution in [0.15, 0.2) is 52.6 Å². The molecule has 0 bridgehead atoms. The van der Waals surface area contributed by atoms with E-state index < -0.39 is 23.4 Å². The van der Waals surface area contributed by atoms with Gasteiger partial charge in [-0.15, -0.1) is 0 Å². The minimum absolute atomic E-state index is 0.0336. The average molecular weight is 487 g/mol. The van der Waals surface area contributed by atoms with Gasteiger partial charge in [-0.05, 0) is 35.9 Å². The van der Waals surface area contributed by atoms with E-state index >= 15 is 0 Å². The minimum Gasteiger partial charge on any atom is -0.497 e. The predicted octanol–water partition coefficient (Wildman–Crippen LogP) is 0.495. The van der Waals surface area contributed by atoms with Crippen molar-refractivity contribution >= 4 is 29.3 Å². The van der Waals surface area contributed by atoms with Gasteiger partial charge in [-0.3, -0.25) is 19.7 Å². The number of primary amides is 1. The van der Waals surface area contributed by atoms with Crippen LogP contribution < -0.4 is 26.4 Å². The second kappa shape index (κ2) is 8.66. The number of ether oxygens (including phenoxy) is 1. The van der Waals surface area contributed by atoms with Gasteiger partial charge >= 0.3 is 6.03 Å². The van der Waals surface area contributed by atoms with Gasteiger partial charge in [0.05, 0.1) is 13.7 Å². The normalized spacial score (nSPS) is 20.4. The predicted molar refractivity (Wildman–Crippen MR) is 126 cm³/mol. The molecule has 1 saturated heterocycles. The van der Waals surface area contributed by atoms with Crippen molar-refractivity contribution in [2.45, 2.75) is 12.1 Å². The van der Waals surface area contributed by atoms with E-state index in [4.69, 9.17) is 14.9 Å². The summed E-state index contributed by atoms with van der Waals surface area (Å²) < 4.78 is 10.7. The number of benzene rings is 1. The summed E-state index contributed by atoms with van der Waals surface area (Å²) in [7, 11) is 1.51. The van der Waals surface area contributed by atoms with Gasteiger partial charge in [0.15, 0.2) is 5.76 Å². The number of urea groups is 1. The number of amides is 5. The molecule has 3 aliphatic heterocycles. The SMILES string of the molecule is COc1ccc2c(c1)C(=O)N(C[C@@]1(C#CC3=CNCC(c4ccc(C(N)=O)o4)=C3)NC(=O)NC1=O)C2. The van der Waals surface area contributed by atoms with Crippen molar-refractivity contribution in [2.75, 3.05) is 20.2 Å². The van der Waals surface area contributed by atoms with Crippen molar-refractivity contribution in [1.29, 1.82) is 0 Å². The number of imide groups is 1. The molecule has 5 N–H and O–H groups in total. The Kier molecular flexibility index (Phi) is 5.49. The number of rotatable bonds is 5. The van der Waals surface area contributed by atoms with Crippen molar-refractivity contribution < 1.29 is 28.3 Å². The molecule has 1 aromatic carbocycles. The lowest BCUT2D eigenvalue weighted by Gasteiger charge is -2.26. The average Bonchev–Trinajstić information content (AvgIpc) is 3.55. The molecule has 0 saturated carbocycles. The maximum absolute atomic E-state index is 13.0. The molecule has 0 unspecified atom stereocenters. The van der Waals surface area contributed by atoms with Crippen LogP contribution >= 0.6 is 0 Å². The lowest BCUT2D eigenvalue weighted by atomic mass is 9.98. The number of nitrogens with one attached hydrogen (secondary N) is 3. The molecular weight excluding hydrogens is 466 g/mol. The highest BCUT2D eigenvalue weighted by Gasteiger charge is 2.48. The topological polar surface area (TPSA) is 156 Å². The number of nitrogens with zero attached hydrogens (tertiary/aromatic N) is 1. The number of hydrogen-bond donors (Lipinski definition) is 4. The first-order chi connectivity index (χ1) is 17.3. The summed E-state index contributed by atoms with van der Waals surface area (Å²) in [4.78, 5) is 50.7. The summed E-state index contributed by atoms with van der Waals surface area (Å²) in [5.74, 6) is 5.20. The smallest absolute Gasteiger partial charge is 0.323 e. The van der Waals surface area contributed by atoms with Crippen LogP contribution in [-0.2, 0) is 11.3 Å². The van der Waals surface area contributed by atoms with Crippen LogP contribution in [0.25, 0.3) is 5.57 Å². The van der Waals surface area contributed by atoms with E-state index in [9.17, 15) is 19.2 Å². The molecule has 36 heavy (non-hydrogen) atoms. The van der Waals surface area contributed by atoms with Gasteiger partial charge in [-0.1, -0.05) is 17.9 Å². The van der Waals surface area contributed by atoms with Gasteiger partial charge in [0.25, 0.3) is 17.7 Å². The lowest BCUT2D eigenvalue weighted by molar-refractivity contribution is -0.122. The Morgan fingerprint density at radius 3 is 2.78 bits per heavy atom. The summed E-state index contributed by atoms with van der Waals surface area (Å²) in [5, 5.41) is 7.85. The van der Waals surface area contributed by atoms with E-state index in [1.807, 2.05) is 0 Å². The van der Waals surface area contributed by atoms with Crippen molar-refractivity contribution in [3.63, 3.8) is 0 Å². The first kappa shape index (κ1) is 22.8. The number of methoxy groups -OCH3 is 1. The first-order valence-electron chi connectivity index (χ1n) is 10.9. The third-order valence-electron chi connectivity index (χ3n) is 6.03. The Bertz CT molecular complexity index is 1440. The van der Waals surface area contributed by atoms with E-state index in [1.165, 1.54) is 18.1 Å². The number of furan rings is 1. The quantitative estimate of drug-likeness (QED) is 0.353. The Labute approximate surface area is 205 Å². The zero-order valence-corrected chi connectivity index (χ0v) is 19.1. The number of nitrogens with two attached hydrogens (primary N) is 1. The standard InChI is InChI=1S/C25H21N5O6/c1-35-17-3-2-15-12-30(22(32)18(15)9-17)13-25(23(33)28-24(34)29-25)7-6-14-8-16(11-27-10-14)19-4-5-20(36-19)21(26)31/h2-5,8-10,27H,11-13H2,1H3,(H2,26,31)(H2,28,29,33,34)/t25-/m1/s1. The van der Waals surface area contributed by atoms with Crippen molar-refractivity contribution in [2.24, 2.45) is 5.73 Å². The number of carbonyl (C=O) groups is 4. The zero-order valence-electron chi connectivity index (χ0n) is 19.1. The second-order valence-electron chi connectivity index (χ2n) is 8.43. The first-order valence-corrected chi connectivity index (χ1v) is 10.9. The molecule has 0 spiro atoms. The summed E-state index contributed by atoms with van der Waals surface area (Å²) in [6.45, 7) is 0.536. The highest BCUT2D eigenvalue weighted by molar-refractivity contribution is 6.10. The van der Waals surface area contributed by atoms with Gasteiger partial charge < -0.3 is 30.4 Å². The largest absolute Gasteiger partial charge is 0.497 e. The summed E-state index contributed by atoms with van der Waals surface area (Å²) in [6.07, 6.45) is 3.39. The highest BCUT2D eigenvalue weighted by Crippen LogP contribution is 2.28. The summed E-state index contributed by atoms with van der Waals surface area (Å²) in [5.41, 5.74) is 6.08. The molecule has 182 valence electrons. The highest BCUT2D eigenvalue weighted by atomic mass is 16.5. The van der Waals surface area contributed by atoms with Crippen LogP contribution in [0.5, 0.6) is 5.75 Å². The van der Waals surface area contributed by atoms with Gasteiger partial charge in [-0.2, -0.15) is 0 Å². The fraction of sp³-hybridized carbons (Fsp3) is 0.200. The van der Waals surface area contributed by atoms with E-state index in [2.05, 4.69) is 27.8 Å². The van der Waals surface area contributed by atoms with E-state index in [-0.39, 0.29) is 24.8 Å². The van der Waals surface area contributed by atoms with Crippen LogP contribution in [0.4, 0.5) is 4.79 Å². The zero-order chi connectivity index (χ0) is 25.4. The third-order valence-corrected chi connectivity index (χ3v) is 6.03. The van der Waals surface area contributed by atoms with Crippen molar-refractivity contribution in [3.8, 4) is 17.6 Å². The molecule has 5 amide bonds. The molecule has 11 nitrogen and oxygen atoms in total. The second-order valence-corrected chi connectivity index (χ2v) is 8.43. The molecule has 5 rings (SSSR count). The van der Waals surface area contributed by atoms with Crippen LogP contribution in [0, 0.1) is 11.8 Å². The van der Waals surface area contributed by atoms with E-state index in [0.717, 1.165) is 5.56 Å². The van der Waals surface area contributed by atoms with Crippen LogP contribution in [-0.4, -0.2) is 54.4 Å². The van der Waals surface area contributed by atoms with Crippen LogP contribution in [0.3, 0.4) is 0 Å². The lowest BCUT2D eigenvalue weighted by Crippen LogP contribution is -2.54. The monoisotopic (exact) mass is 487 g/mol. The molecule has 0 aliphatic carbocycles. The molecule has 3 aliphatic rings. The van der Waals surface area contributed by atoms with Gasteiger partial charge in [0.1, 0.15) is 11.5 Å². The number of fused-ring (bicyclic) bond motifs is 1. The summed E-state index contributed by atoms with van der Waals surface area (Å²) in [6, 6.07) is 7.61. The maximum Gasteiger partial charge on any atom is 0.323 e. The number of carbonyl (C=O) groups excluding carboxylic acids is 4. The van der Waals surface area contributed by atoms with Gasteiger partial charge in [0, 0.05) is 36.0 Å². The maximum atomic E-state index is 13.0. The Hall–Kier alpha value is -4.98. The number of allylic oxidation sites excluding steroid dienone is 2. The molecule has 1 fully saturated rings. The molecular formula is C25H21N5O6. The molecule has 11 heteroatoms. The molecule has 1 aromatic heterocycles. The van der Waals surface area contributed by atoms with Crippen molar-refractivity contribution in [1.82, 2.24) is 20.9 Å². The molecule has 0 radical (unpaired) electrons. The fourth-order valence-electron chi connectivity index (χ4n) is 4.22. The molecule has 1 atom stereocenters.